The summed E-state index contributed by atoms with van der Waals surface area (Å²) in [5.74, 6) is 0.344. The highest BCUT2D eigenvalue weighted by atomic mass is 16.3. The topological polar surface area (TPSA) is 37.3 Å². The van der Waals surface area contributed by atoms with Crippen molar-refractivity contribution in [1.29, 1.82) is 0 Å². The standard InChI is InChI=1S/C16H20O2/c1-16(2,3)13-6-4-11(5-7-13)12-8-14(17)10-15(18)9-12/h4-7,10,12,17H,8-9H2,1-3H3/t12-/m0/s1. The van der Waals surface area contributed by atoms with E-state index in [0.29, 0.717) is 12.8 Å². The molecule has 1 atom stereocenters. The molecule has 0 amide bonds. The third-order valence-electron chi connectivity index (χ3n) is 3.48. The van der Waals surface area contributed by atoms with Crippen molar-refractivity contribution in [1.82, 2.24) is 0 Å². The number of aliphatic hydroxyl groups is 1. The van der Waals surface area contributed by atoms with Crippen molar-refractivity contribution in [2.45, 2.75) is 44.9 Å². The lowest BCUT2D eigenvalue weighted by atomic mass is 9.82. The molecular formula is C16H20O2. The zero-order valence-corrected chi connectivity index (χ0v) is 11.2. The molecular weight excluding hydrogens is 224 g/mol. The summed E-state index contributed by atoms with van der Waals surface area (Å²) < 4.78 is 0. The van der Waals surface area contributed by atoms with Crippen molar-refractivity contribution in [2.75, 3.05) is 0 Å². The Labute approximate surface area is 108 Å². The summed E-state index contributed by atoms with van der Waals surface area (Å²) in [6, 6.07) is 8.40. The summed E-state index contributed by atoms with van der Waals surface area (Å²) >= 11 is 0. The molecule has 0 spiro atoms. The first kappa shape index (κ1) is 12.9. The van der Waals surface area contributed by atoms with Gasteiger partial charge in [0.25, 0.3) is 0 Å². The van der Waals surface area contributed by atoms with Crippen molar-refractivity contribution in [3.63, 3.8) is 0 Å². The number of benzene rings is 1. The van der Waals surface area contributed by atoms with Crippen LogP contribution in [0.1, 0.15) is 50.7 Å². The average Bonchev–Trinajstić information content (AvgIpc) is 2.27. The molecule has 0 bridgehead atoms. The lowest BCUT2D eigenvalue weighted by molar-refractivity contribution is -0.115. The van der Waals surface area contributed by atoms with Crippen LogP contribution in [0.2, 0.25) is 0 Å². The molecule has 1 aromatic carbocycles. The van der Waals surface area contributed by atoms with Crippen molar-refractivity contribution in [3.8, 4) is 0 Å². The van der Waals surface area contributed by atoms with Crippen LogP contribution in [-0.4, -0.2) is 10.9 Å². The van der Waals surface area contributed by atoms with Crippen LogP contribution in [0.4, 0.5) is 0 Å². The minimum absolute atomic E-state index is 0.0173. The number of aliphatic hydroxyl groups excluding tert-OH is 1. The van der Waals surface area contributed by atoms with E-state index in [-0.39, 0.29) is 22.9 Å². The number of hydrogen-bond donors (Lipinski definition) is 1. The Morgan fingerprint density at radius 3 is 2.22 bits per heavy atom. The number of rotatable bonds is 1. The maximum absolute atomic E-state index is 11.4. The highest BCUT2D eigenvalue weighted by Gasteiger charge is 2.22. The van der Waals surface area contributed by atoms with Gasteiger partial charge in [-0.25, -0.2) is 0 Å². The van der Waals surface area contributed by atoms with Gasteiger partial charge in [0.1, 0.15) is 0 Å². The van der Waals surface area contributed by atoms with Crippen molar-refractivity contribution in [2.24, 2.45) is 0 Å². The molecule has 1 aromatic rings. The van der Waals surface area contributed by atoms with Crippen molar-refractivity contribution >= 4 is 5.78 Å². The Morgan fingerprint density at radius 1 is 1.11 bits per heavy atom. The van der Waals surface area contributed by atoms with Crippen LogP contribution in [0, 0.1) is 0 Å². The van der Waals surface area contributed by atoms with Crippen molar-refractivity contribution < 1.29 is 9.90 Å². The Bertz CT molecular complexity index is 475. The first-order valence-corrected chi connectivity index (χ1v) is 6.39. The predicted octanol–water partition coefficient (Wildman–Crippen LogP) is 3.87. The monoisotopic (exact) mass is 244 g/mol. The third-order valence-corrected chi connectivity index (χ3v) is 3.48. The molecule has 0 radical (unpaired) electrons. The molecule has 1 aliphatic rings. The highest BCUT2D eigenvalue weighted by Crippen LogP contribution is 2.32. The normalized spacial score (nSPS) is 20.7. The van der Waals surface area contributed by atoms with Gasteiger partial charge in [-0.05, 0) is 22.5 Å². The highest BCUT2D eigenvalue weighted by molar-refractivity contribution is 5.91. The molecule has 2 nitrogen and oxygen atoms in total. The minimum atomic E-state index is 0.0173. The van der Waals surface area contributed by atoms with Crippen LogP contribution < -0.4 is 0 Å². The van der Waals surface area contributed by atoms with Crippen LogP contribution in [-0.2, 0) is 10.2 Å². The molecule has 0 fully saturated rings. The minimum Gasteiger partial charge on any atom is -0.512 e. The summed E-state index contributed by atoms with van der Waals surface area (Å²) in [6.45, 7) is 6.54. The number of carbonyl (C=O) groups is 1. The fourth-order valence-corrected chi connectivity index (χ4v) is 2.36. The molecule has 0 aliphatic heterocycles. The Morgan fingerprint density at radius 2 is 1.72 bits per heavy atom. The molecule has 0 unspecified atom stereocenters. The van der Waals surface area contributed by atoms with Crippen molar-refractivity contribution in [3.05, 3.63) is 47.2 Å². The van der Waals surface area contributed by atoms with E-state index in [2.05, 4.69) is 45.0 Å². The molecule has 0 heterocycles. The van der Waals surface area contributed by atoms with Gasteiger partial charge in [-0.15, -0.1) is 0 Å². The molecule has 1 N–H and O–H groups in total. The zero-order chi connectivity index (χ0) is 13.3. The fraction of sp³-hybridized carbons (Fsp3) is 0.438. The number of carbonyl (C=O) groups excluding carboxylic acids is 1. The second-order valence-corrected chi connectivity index (χ2v) is 6.08. The Balaban J connectivity index is 2.21. The van der Waals surface area contributed by atoms with Gasteiger partial charge in [-0.3, -0.25) is 4.79 Å². The number of hydrogen-bond acceptors (Lipinski definition) is 2. The van der Waals surface area contributed by atoms with Gasteiger partial charge < -0.3 is 5.11 Å². The Kier molecular flexibility index (Phi) is 3.29. The fourth-order valence-electron chi connectivity index (χ4n) is 2.36. The Hall–Kier alpha value is -1.57. The first-order chi connectivity index (χ1) is 8.36. The van der Waals surface area contributed by atoms with Gasteiger partial charge in [-0.1, -0.05) is 45.0 Å². The van der Waals surface area contributed by atoms with Gasteiger partial charge in [0.15, 0.2) is 5.78 Å². The lowest BCUT2D eigenvalue weighted by Crippen LogP contribution is -2.14. The predicted molar refractivity (Wildman–Crippen MR) is 72.8 cm³/mol. The third kappa shape index (κ3) is 2.81. The molecule has 2 heteroatoms. The maximum atomic E-state index is 11.4. The molecule has 18 heavy (non-hydrogen) atoms. The SMILES string of the molecule is CC(C)(C)c1ccc([C@@H]2CC(=O)C=C(O)C2)cc1. The summed E-state index contributed by atoms with van der Waals surface area (Å²) in [5, 5.41) is 9.54. The van der Waals surface area contributed by atoms with E-state index in [1.165, 1.54) is 11.6 Å². The van der Waals surface area contributed by atoms with Crippen LogP contribution in [0.3, 0.4) is 0 Å². The summed E-state index contributed by atoms with van der Waals surface area (Å²) in [5.41, 5.74) is 2.56. The van der Waals surface area contributed by atoms with Crippen LogP contribution in [0.5, 0.6) is 0 Å². The van der Waals surface area contributed by atoms with Gasteiger partial charge in [-0.2, -0.15) is 0 Å². The van der Waals surface area contributed by atoms with E-state index < -0.39 is 0 Å². The zero-order valence-electron chi connectivity index (χ0n) is 11.2. The quantitative estimate of drug-likeness (QED) is 0.814. The van der Waals surface area contributed by atoms with Gasteiger partial charge in [0.2, 0.25) is 0 Å². The second-order valence-electron chi connectivity index (χ2n) is 6.08. The molecule has 0 aromatic heterocycles. The molecule has 0 saturated carbocycles. The summed E-state index contributed by atoms with van der Waals surface area (Å²) in [6.07, 6.45) is 2.42. The van der Waals surface area contributed by atoms with Gasteiger partial charge >= 0.3 is 0 Å². The average molecular weight is 244 g/mol. The van der Waals surface area contributed by atoms with Crippen LogP contribution in [0.15, 0.2) is 36.1 Å². The van der Waals surface area contributed by atoms with E-state index in [0.717, 1.165) is 5.56 Å². The largest absolute Gasteiger partial charge is 0.512 e. The second kappa shape index (κ2) is 4.60. The van der Waals surface area contributed by atoms with E-state index in [9.17, 15) is 9.90 Å². The summed E-state index contributed by atoms with van der Waals surface area (Å²) in [7, 11) is 0. The van der Waals surface area contributed by atoms with E-state index in [4.69, 9.17) is 0 Å². The first-order valence-electron chi connectivity index (χ1n) is 6.39. The summed E-state index contributed by atoms with van der Waals surface area (Å²) in [4.78, 5) is 11.4. The molecule has 96 valence electrons. The molecule has 1 aliphatic carbocycles. The number of ketones is 1. The van der Waals surface area contributed by atoms with Gasteiger partial charge in [0.05, 0.1) is 5.76 Å². The molecule has 0 saturated heterocycles. The number of allylic oxidation sites excluding steroid dienone is 2. The van der Waals surface area contributed by atoms with E-state index in [1.807, 2.05) is 0 Å². The maximum Gasteiger partial charge on any atom is 0.159 e. The lowest BCUT2D eigenvalue weighted by Gasteiger charge is -2.22. The van der Waals surface area contributed by atoms with Crippen LogP contribution >= 0.6 is 0 Å². The van der Waals surface area contributed by atoms with Crippen LogP contribution in [0.25, 0.3) is 0 Å². The van der Waals surface area contributed by atoms with E-state index >= 15 is 0 Å². The van der Waals surface area contributed by atoms with E-state index in [1.54, 1.807) is 0 Å². The van der Waals surface area contributed by atoms with Gasteiger partial charge in [0, 0.05) is 18.9 Å². The molecule has 2 rings (SSSR count). The smallest absolute Gasteiger partial charge is 0.159 e.